The Morgan fingerprint density at radius 2 is 1.33 bits per heavy atom. The van der Waals surface area contributed by atoms with Crippen LogP contribution in [0.2, 0.25) is 0 Å². The summed E-state index contributed by atoms with van der Waals surface area (Å²) in [6, 6.07) is -1.19. The van der Waals surface area contributed by atoms with Crippen LogP contribution in [0.4, 0.5) is 39.5 Å². The summed E-state index contributed by atoms with van der Waals surface area (Å²) < 4.78 is 139. The van der Waals surface area contributed by atoms with Gasteiger partial charge in [0, 0.05) is 6.04 Å². The molecule has 0 aromatic carbocycles. The SMILES string of the molecule is O=S(=O)(NC1CC2CCC1C2)C(F)(F)C(F)(F)C(F)(F)C(F)(F)F. The highest BCUT2D eigenvalue weighted by atomic mass is 32.2. The van der Waals surface area contributed by atoms with E-state index in [9.17, 15) is 47.9 Å². The van der Waals surface area contributed by atoms with Crippen LogP contribution in [0.5, 0.6) is 0 Å². The van der Waals surface area contributed by atoms with Crippen LogP contribution < -0.4 is 4.72 Å². The van der Waals surface area contributed by atoms with Gasteiger partial charge in [0.2, 0.25) is 0 Å². The Labute approximate surface area is 130 Å². The molecule has 2 saturated carbocycles. The fourth-order valence-electron chi connectivity index (χ4n) is 3.19. The zero-order valence-electron chi connectivity index (χ0n) is 11.7. The van der Waals surface area contributed by atoms with Crippen LogP contribution in [0.3, 0.4) is 0 Å². The number of sulfonamides is 1. The second-order valence-corrected chi connectivity index (χ2v) is 7.82. The second-order valence-electron chi connectivity index (χ2n) is 6.07. The van der Waals surface area contributed by atoms with Crippen molar-refractivity contribution in [3.05, 3.63) is 0 Å². The molecule has 0 saturated heterocycles. The number of fused-ring (bicyclic) bond motifs is 2. The predicted molar refractivity (Wildman–Crippen MR) is 62.2 cm³/mol. The van der Waals surface area contributed by atoms with Crippen LogP contribution in [0.1, 0.15) is 25.7 Å². The number of hydrogen-bond acceptors (Lipinski definition) is 2. The highest BCUT2D eigenvalue weighted by molar-refractivity contribution is 7.90. The molecule has 2 aliphatic carbocycles. The summed E-state index contributed by atoms with van der Waals surface area (Å²) in [5.74, 6) is -14.9. The van der Waals surface area contributed by atoms with E-state index in [4.69, 9.17) is 0 Å². The van der Waals surface area contributed by atoms with Gasteiger partial charge < -0.3 is 0 Å². The van der Waals surface area contributed by atoms with Gasteiger partial charge in [-0.3, -0.25) is 0 Å². The molecule has 0 aliphatic heterocycles. The third-order valence-electron chi connectivity index (χ3n) is 4.50. The van der Waals surface area contributed by atoms with E-state index >= 15 is 0 Å². The molecule has 1 N–H and O–H groups in total. The molecule has 0 aromatic rings. The van der Waals surface area contributed by atoms with E-state index in [1.165, 1.54) is 4.72 Å². The van der Waals surface area contributed by atoms with E-state index in [0.717, 1.165) is 0 Å². The average Bonchev–Trinajstić information content (AvgIpc) is 2.98. The summed E-state index contributed by atoms with van der Waals surface area (Å²) in [4.78, 5) is 0. The van der Waals surface area contributed by atoms with E-state index in [2.05, 4.69) is 0 Å². The van der Waals surface area contributed by atoms with Gasteiger partial charge >= 0.3 is 23.3 Å². The molecule has 2 fully saturated rings. The standard InChI is InChI=1S/C11H12F9NO2S/c12-8(13,10(16,17)18)9(14,15)11(19,20)24(22,23)21-7-4-5-1-2-6(7)3-5/h5-7,21H,1-4H2. The quantitative estimate of drug-likeness (QED) is 0.727. The summed E-state index contributed by atoms with van der Waals surface area (Å²) in [6.07, 6.45) is -5.45. The average molecular weight is 393 g/mol. The largest absolute Gasteiger partial charge is 0.460 e. The minimum atomic E-state index is -7.23. The lowest BCUT2D eigenvalue weighted by Gasteiger charge is -2.34. The Hall–Kier alpha value is -0.720. The van der Waals surface area contributed by atoms with Crippen molar-refractivity contribution in [2.75, 3.05) is 0 Å². The molecule has 3 nitrogen and oxygen atoms in total. The van der Waals surface area contributed by atoms with Crippen LogP contribution in [0, 0.1) is 11.8 Å². The van der Waals surface area contributed by atoms with Crippen molar-refractivity contribution < 1.29 is 47.9 Å². The van der Waals surface area contributed by atoms with Crippen LogP contribution in [-0.4, -0.2) is 37.7 Å². The summed E-state index contributed by atoms with van der Waals surface area (Å²) in [6.45, 7) is 0. The fourth-order valence-corrected chi connectivity index (χ4v) is 4.49. The van der Waals surface area contributed by atoms with Gasteiger partial charge in [0.05, 0.1) is 0 Å². The van der Waals surface area contributed by atoms with Crippen molar-refractivity contribution in [1.29, 1.82) is 0 Å². The van der Waals surface area contributed by atoms with Gasteiger partial charge in [-0.2, -0.15) is 39.5 Å². The molecule has 2 aliphatic rings. The van der Waals surface area contributed by atoms with E-state index < -0.39 is 45.3 Å². The molecule has 13 heteroatoms. The second kappa shape index (κ2) is 5.39. The molecule has 0 spiro atoms. The first-order chi connectivity index (χ1) is 10.5. The minimum Gasteiger partial charge on any atom is -0.206 e. The van der Waals surface area contributed by atoms with Crippen molar-refractivity contribution in [2.45, 2.75) is 55.0 Å². The van der Waals surface area contributed by atoms with Crippen LogP contribution in [0.25, 0.3) is 0 Å². The normalized spacial score (nSPS) is 29.3. The van der Waals surface area contributed by atoms with E-state index in [0.29, 0.717) is 19.3 Å². The molecule has 24 heavy (non-hydrogen) atoms. The summed E-state index contributed by atoms with van der Waals surface area (Å²) in [5, 5.41) is -6.65. The van der Waals surface area contributed by atoms with Crippen molar-refractivity contribution in [1.82, 2.24) is 4.72 Å². The molecule has 0 heterocycles. The smallest absolute Gasteiger partial charge is 0.206 e. The van der Waals surface area contributed by atoms with Crippen molar-refractivity contribution in [3.63, 3.8) is 0 Å². The number of rotatable bonds is 5. The Morgan fingerprint density at radius 3 is 1.71 bits per heavy atom. The molecule has 0 amide bonds. The molecule has 142 valence electrons. The molecule has 0 radical (unpaired) electrons. The molecule has 2 rings (SSSR count). The Morgan fingerprint density at radius 1 is 0.792 bits per heavy atom. The Bertz CT molecular complexity index is 601. The maximum absolute atomic E-state index is 13.5. The third-order valence-corrected chi connectivity index (χ3v) is 6.04. The highest BCUT2D eigenvalue weighted by Crippen LogP contribution is 2.55. The molecular formula is C11H12F9NO2S. The van der Waals surface area contributed by atoms with Gasteiger partial charge in [-0.1, -0.05) is 6.42 Å². The van der Waals surface area contributed by atoms with Crippen LogP contribution in [0.15, 0.2) is 0 Å². The zero-order valence-corrected chi connectivity index (χ0v) is 12.5. The van der Waals surface area contributed by atoms with Gasteiger partial charge in [-0.15, -0.1) is 0 Å². The fraction of sp³-hybridized carbons (Fsp3) is 1.00. The Kier molecular flexibility index (Phi) is 4.40. The maximum atomic E-state index is 13.5. The van der Waals surface area contributed by atoms with Crippen LogP contribution in [-0.2, 0) is 10.0 Å². The third kappa shape index (κ3) is 2.67. The first-order valence-electron chi connectivity index (χ1n) is 6.76. The van der Waals surface area contributed by atoms with Gasteiger partial charge in [-0.05, 0) is 31.1 Å². The molecule has 2 bridgehead atoms. The topological polar surface area (TPSA) is 46.2 Å². The van der Waals surface area contributed by atoms with E-state index in [1.54, 1.807) is 0 Å². The van der Waals surface area contributed by atoms with Crippen molar-refractivity contribution in [3.8, 4) is 0 Å². The monoisotopic (exact) mass is 393 g/mol. The number of halogens is 9. The number of alkyl halides is 9. The first kappa shape index (κ1) is 19.6. The van der Waals surface area contributed by atoms with Gasteiger partial charge in [0.1, 0.15) is 0 Å². The van der Waals surface area contributed by atoms with Crippen molar-refractivity contribution >= 4 is 10.0 Å². The summed E-state index contributed by atoms with van der Waals surface area (Å²) >= 11 is 0. The number of hydrogen-bond donors (Lipinski definition) is 1. The summed E-state index contributed by atoms with van der Waals surface area (Å²) in [7, 11) is -6.48. The van der Waals surface area contributed by atoms with E-state index in [1.807, 2.05) is 0 Å². The van der Waals surface area contributed by atoms with Gasteiger partial charge in [0.15, 0.2) is 0 Å². The zero-order chi connectivity index (χ0) is 18.8. The molecule has 3 atom stereocenters. The molecular weight excluding hydrogens is 381 g/mol. The van der Waals surface area contributed by atoms with Crippen LogP contribution >= 0.6 is 0 Å². The Balaban J connectivity index is 2.30. The lowest BCUT2D eigenvalue weighted by molar-refractivity contribution is -0.382. The minimum absolute atomic E-state index is 0.0200. The predicted octanol–water partition coefficient (Wildman–Crippen LogP) is 3.52. The molecule has 0 aromatic heterocycles. The number of nitrogens with one attached hydrogen (secondary N) is 1. The first-order valence-corrected chi connectivity index (χ1v) is 8.25. The van der Waals surface area contributed by atoms with Gasteiger partial charge in [0.25, 0.3) is 10.0 Å². The van der Waals surface area contributed by atoms with Crippen molar-refractivity contribution in [2.24, 2.45) is 11.8 Å². The molecule has 3 unspecified atom stereocenters. The highest BCUT2D eigenvalue weighted by Gasteiger charge is 2.85. The van der Waals surface area contributed by atoms with Gasteiger partial charge in [-0.25, -0.2) is 13.1 Å². The van der Waals surface area contributed by atoms with E-state index in [-0.39, 0.29) is 12.3 Å². The lowest BCUT2D eigenvalue weighted by Crippen LogP contribution is -2.65. The lowest BCUT2D eigenvalue weighted by atomic mass is 9.96. The summed E-state index contributed by atoms with van der Waals surface area (Å²) in [5.41, 5.74) is 0. The maximum Gasteiger partial charge on any atom is 0.460 e.